The molecule has 0 atom stereocenters. The summed E-state index contributed by atoms with van der Waals surface area (Å²) in [6, 6.07) is 6.56. The SMILES string of the molecule is COc1ccc(C2CCC2)cc1C. The van der Waals surface area contributed by atoms with Crippen LogP contribution in [0.1, 0.15) is 36.3 Å². The fourth-order valence-electron chi connectivity index (χ4n) is 1.90. The van der Waals surface area contributed by atoms with E-state index in [2.05, 4.69) is 25.1 Å². The van der Waals surface area contributed by atoms with Crippen molar-refractivity contribution in [3.63, 3.8) is 0 Å². The van der Waals surface area contributed by atoms with Crippen LogP contribution in [-0.4, -0.2) is 7.11 Å². The third-order valence-corrected chi connectivity index (χ3v) is 3.00. The zero-order valence-corrected chi connectivity index (χ0v) is 8.34. The summed E-state index contributed by atoms with van der Waals surface area (Å²) in [5.41, 5.74) is 2.75. The molecule has 0 radical (unpaired) electrons. The van der Waals surface area contributed by atoms with Crippen LogP contribution in [0.15, 0.2) is 18.2 Å². The van der Waals surface area contributed by atoms with Gasteiger partial charge in [-0.2, -0.15) is 0 Å². The summed E-state index contributed by atoms with van der Waals surface area (Å²) in [6.07, 6.45) is 4.13. The largest absolute Gasteiger partial charge is 0.496 e. The first-order chi connectivity index (χ1) is 6.31. The molecule has 1 heteroatoms. The predicted octanol–water partition coefficient (Wildman–Crippen LogP) is 3.27. The fourth-order valence-corrected chi connectivity index (χ4v) is 1.90. The van der Waals surface area contributed by atoms with E-state index in [-0.39, 0.29) is 0 Å². The highest BCUT2D eigenvalue weighted by molar-refractivity contribution is 5.38. The molecule has 2 rings (SSSR count). The van der Waals surface area contributed by atoms with Crippen molar-refractivity contribution >= 4 is 0 Å². The van der Waals surface area contributed by atoms with Crippen molar-refractivity contribution in [3.8, 4) is 5.75 Å². The van der Waals surface area contributed by atoms with E-state index in [1.54, 1.807) is 7.11 Å². The molecule has 0 saturated heterocycles. The average Bonchev–Trinajstić information content (AvgIpc) is 2.01. The standard InChI is InChI=1S/C12H16O/c1-9-8-11(10-4-3-5-10)6-7-12(9)13-2/h6-8,10H,3-5H2,1-2H3. The first-order valence-electron chi connectivity index (χ1n) is 4.96. The van der Waals surface area contributed by atoms with Gasteiger partial charge in [0.25, 0.3) is 0 Å². The molecular formula is C12H16O. The molecule has 1 saturated carbocycles. The van der Waals surface area contributed by atoms with E-state index in [1.807, 2.05) is 0 Å². The maximum absolute atomic E-state index is 5.23. The smallest absolute Gasteiger partial charge is 0.121 e. The minimum absolute atomic E-state index is 0.824. The second-order valence-corrected chi connectivity index (χ2v) is 3.86. The average molecular weight is 176 g/mol. The maximum Gasteiger partial charge on any atom is 0.121 e. The quantitative estimate of drug-likeness (QED) is 0.672. The zero-order valence-electron chi connectivity index (χ0n) is 8.34. The Hall–Kier alpha value is -0.980. The number of rotatable bonds is 2. The molecule has 0 aromatic heterocycles. The number of benzene rings is 1. The van der Waals surface area contributed by atoms with Gasteiger partial charge in [-0.3, -0.25) is 0 Å². The Morgan fingerprint density at radius 3 is 2.54 bits per heavy atom. The minimum Gasteiger partial charge on any atom is -0.496 e. The lowest BCUT2D eigenvalue weighted by Crippen LogP contribution is -2.08. The first kappa shape index (κ1) is 8.61. The van der Waals surface area contributed by atoms with Gasteiger partial charge in [-0.15, -0.1) is 0 Å². The minimum atomic E-state index is 0.824. The molecule has 1 aromatic carbocycles. The molecule has 0 heterocycles. The number of aryl methyl sites for hydroxylation is 1. The van der Waals surface area contributed by atoms with Crippen molar-refractivity contribution < 1.29 is 4.74 Å². The van der Waals surface area contributed by atoms with Crippen LogP contribution in [0.2, 0.25) is 0 Å². The van der Waals surface area contributed by atoms with E-state index < -0.39 is 0 Å². The second kappa shape index (κ2) is 3.41. The van der Waals surface area contributed by atoms with Gasteiger partial charge in [0.05, 0.1) is 7.11 Å². The lowest BCUT2D eigenvalue weighted by molar-refractivity contribution is 0.406. The lowest BCUT2D eigenvalue weighted by atomic mass is 9.80. The molecule has 1 aliphatic rings. The molecule has 0 aliphatic heterocycles. The van der Waals surface area contributed by atoms with Crippen LogP contribution in [0.3, 0.4) is 0 Å². The summed E-state index contributed by atoms with van der Waals surface area (Å²) in [6.45, 7) is 2.11. The van der Waals surface area contributed by atoms with Crippen LogP contribution in [0.5, 0.6) is 5.75 Å². The topological polar surface area (TPSA) is 9.23 Å². The Balaban J connectivity index is 2.24. The molecule has 70 valence electrons. The van der Waals surface area contributed by atoms with Crippen LogP contribution in [0.4, 0.5) is 0 Å². The van der Waals surface area contributed by atoms with Crippen LogP contribution in [0.25, 0.3) is 0 Å². The van der Waals surface area contributed by atoms with Crippen LogP contribution in [-0.2, 0) is 0 Å². The van der Waals surface area contributed by atoms with Gasteiger partial charge in [0.2, 0.25) is 0 Å². The van der Waals surface area contributed by atoms with Gasteiger partial charge in [-0.1, -0.05) is 18.6 Å². The van der Waals surface area contributed by atoms with E-state index in [4.69, 9.17) is 4.74 Å². The third-order valence-electron chi connectivity index (χ3n) is 3.00. The molecular weight excluding hydrogens is 160 g/mol. The number of methoxy groups -OCH3 is 1. The maximum atomic E-state index is 5.23. The normalized spacial score (nSPS) is 16.8. The zero-order chi connectivity index (χ0) is 9.26. The Kier molecular flexibility index (Phi) is 2.26. The highest BCUT2D eigenvalue weighted by atomic mass is 16.5. The molecule has 1 aromatic rings. The Morgan fingerprint density at radius 1 is 1.31 bits per heavy atom. The first-order valence-corrected chi connectivity index (χ1v) is 4.96. The van der Waals surface area contributed by atoms with Gasteiger partial charge in [-0.05, 0) is 42.9 Å². The van der Waals surface area contributed by atoms with Gasteiger partial charge in [0, 0.05) is 0 Å². The molecule has 13 heavy (non-hydrogen) atoms. The summed E-state index contributed by atoms with van der Waals surface area (Å²) >= 11 is 0. The summed E-state index contributed by atoms with van der Waals surface area (Å²) in [5, 5.41) is 0. The summed E-state index contributed by atoms with van der Waals surface area (Å²) in [4.78, 5) is 0. The Bertz CT molecular complexity index is 300. The lowest BCUT2D eigenvalue weighted by Gasteiger charge is -2.26. The highest BCUT2D eigenvalue weighted by Crippen LogP contribution is 2.37. The van der Waals surface area contributed by atoms with Gasteiger partial charge >= 0.3 is 0 Å². The third kappa shape index (κ3) is 1.55. The molecule has 0 bridgehead atoms. The molecule has 1 aliphatic carbocycles. The second-order valence-electron chi connectivity index (χ2n) is 3.86. The van der Waals surface area contributed by atoms with E-state index in [1.165, 1.54) is 30.4 Å². The van der Waals surface area contributed by atoms with Crippen molar-refractivity contribution in [3.05, 3.63) is 29.3 Å². The van der Waals surface area contributed by atoms with Crippen molar-refractivity contribution in [2.24, 2.45) is 0 Å². The predicted molar refractivity (Wildman–Crippen MR) is 54.3 cm³/mol. The van der Waals surface area contributed by atoms with Crippen molar-refractivity contribution in [1.29, 1.82) is 0 Å². The number of hydrogen-bond acceptors (Lipinski definition) is 1. The molecule has 0 N–H and O–H groups in total. The molecule has 0 unspecified atom stereocenters. The van der Waals surface area contributed by atoms with E-state index in [0.29, 0.717) is 0 Å². The van der Waals surface area contributed by atoms with Crippen LogP contribution >= 0.6 is 0 Å². The molecule has 0 amide bonds. The molecule has 1 nitrogen and oxygen atoms in total. The van der Waals surface area contributed by atoms with Crippen molar-refractivity contribution in [2.45, 2.75) is 32.1 Å². The van der Waals surface area contributed by atoms with E-state index >= 15 is 0 Å². The van der Waals surface area contributed by atoms with Crippen LogP contribution in [0, 0.1) is 6.92 Å². The molecule has 0 spiro atoms. The van der Waals surface area contributed by atoms with Gasteiger partial charge < -0.3 is 4.74 Å². The summed E-state index contributed by atoms with van der Waals surface area (Å²) < 4.78 is 5.23. The monoisotopic (exact) mass is 176 g/mol. The molecule has 1 fully saturated rings. The van der Waals surface area contributed by atoms with Crippen LogP contribution < -0.4 is 4.74 Å². The van der Waals surface area contributed by atoms with Gasteiger partial charge in [0.1, 0.15) is 5.75 Å². The summed E-state index contributed by atoms with van der Waals surface area (Å²) in [5.74, 6) is 1.83. The number of hydrogen-bond donors (Lipinski definition) is 0. The van der Waals surface area contributed by atoms with Gasteiger partial charge in [0.15, 0.2) is 0 Å². The summed E-state index contributed by atoms with van der Waals surface area (Å²) in [7, 11) is 1.73. The van der Waals surface area contributed by atoms with Crippen molar-refractivity contribution in [2.75, 3.05) is 7.11 Å². The fraction of sp³-hybridized carbons (Fsp3) is 0.500. The van der Waals surface area contributed by atoms with Gasteiger partial charge in [-0.25, -0.2) is 0 Å². The Morgan fingerprint density at radius 2 is 2.08 bits per heavy atom. The van der Waals surface area contributed by atoms with E-state index in [0.717, 1.165) is 11.7 Å². The van der Waals surface area contributed by atoms with E-state index in [9.17, 15) is 0 Å². The van der Waals surface area contributed by atoms with Crippen molar-refractivity contribution in [1.82, 2.24) is 0 Å². The number of ether oxygens (including phenoxy) is 1. The highest BCUT2D eigenvalue weighted by Gasteiger charge is 2.19. The Labute approximate surface area is 79.7 Å².